The molecule has 3 N–H and O–H groups in total. The number of β-lactam (4-membered cyclic amide) rings is 1. The zero-order chi connectivity index (χ0) is 51.8. The third kappa shape index (κ3) is 10.3. The van der Waals surface area contributed by atoms with Gasteiger partial charge in [-0.05, 0) is 46.4 Å². The summed E-state index contributed by atoms with van der Waals surface area (Å²) in [6, 6.07) is 46.8. The molecule has 2 atom stereocenters. The van der Waals surface area contributed by atoms with Gasteiger partial charge in [-0.3, -0.25) is 33.4 Å². The Bertz CT molecular complexity index is 3270. The summed E-state index contributed by atoms with van der Waals surface area (Å²) in [4.78, 5) is 93.0. The van der Waals surface area contributed by atoms with Gasteiger partial charge in [-0.1, -0.05) is 157 Å². The van der Waals surface area contributed by atoms with Crippen molar-refractivity contribution in [3.63, 3.8) is 0 Å². The highest BCUT2D eigenvalue weighted by Gasteiger charge is 2.55. The molecule has 7 aromatic rings. The van der Waals surface area contributed by atoms with Crippen LogP contribution in [0.25, 0.3) is 4.91 Å². The van der Waals surface area contributed by atoms with Crippen LogP contribution >= 0.6 is 35.7 Å². The molecule has 17 nitrogen and oxygen atoms in total. The number of oxime groups is 1. The maximum absolute atomic E-state index is 14.8. The quantitative estimate of drug-likeness (QED) is 0.0135. The minimum absolute atomic E-state index is 0.0159. The number of thiol groups is 1. The normalized spacial score (nSPS) is 15.7. The van der Waals surface area contributed by atoms with E-state index >= 15 is 0 Å². The lowest BCUT2D eigenvalue weighted by molar-refractivity contribution is -0.154. The molecule has 2 aliphatic heterocycles. The van der Waals surface area contributed by atoms with E-state index in [-0.39, 0.29) is 45.8 Å². The number of thioether (sulfide) groups is 1. The van der Waals surface area contributed by atoms with Crippen molar-refractivity contribution in [2.45, 2.75) is 36.5 Å². The summed E-state index contributed by atoms with van der Waals surface area (Å²) >= 11 is 7.12. The fourth-order valence-electron chi connectivity index (χ4n) is 8.72. The van der Waals surface area contributed by atoms with Gasteiger partial charge in [-0.2, -0.15) is 5.10 Å². The molecule has 2 aliphatic rings. The van der Waals surface area contributed by atoms with Gasteiger partial charge in [0.2, 0.25) is 0 Å². The van der Waals surface area contributed by atoms with Crippen molar-refractivity contribution in [3.05, 3.63) is 234 Å². The van der Waals surface area contributed by atoms with Crippen molar-refractivity contribution in [2.24, 2.45) is 5.16 Å². The molecule has 0 radical (unpaired) electrons. The van der Waals surface area contributed by atoms with E-state index in [0.717, 1.165) is 21.3 Å². The van der Waals surface area contributed by atoms with Crippen molar-refractivity contribution < 1.29 is 33.5 Å². The number of allylic oxidation sites excluding steroid dienone is 1. The lowest BCUT2D eigenvalue weighted by Gasteiger charge is -2.49. The molecule has 1 fully saturated rings. The highest BCUT2D eigenvalue weighted by molar-refractivity contribution is 8.00. The van der Waals surface area contributed by atoms with Crippen molar-refractivity contribution in [2.75, 3.05) is 24.8 Å². The highest BCUT2D eigenvalue weighted by Crippen LogP contribution is 2.44. The zero-order valence-electron chi connectivity index (χ0n) is 39.6. The van der Waals surface area contributed by atoms with Crippen LogP contribution in [-0.4, -0.2) is 85.0 Å². The number of esters is 2. The zero-order valence-corrected chi connectivity index (χ0v) is 42.1. The highest BCUT2D eigenvalue weighted by atomic mass is 32.2. The Hall–Kier alpha value is -8.33. The SMILES string of the molecule is CCOC(=O)Cn1c(C(S)=CC2=C(C(=O)OC(c3ccccc3)c3ccccc3)N3C(=O)C(NC(=O)C(=NOC)c4csc(NC(c5ccccc5)(c5ccccc5)c5ccccc5)n4)C3SC2)n[nH]c(=O)c1=O. The number of nitrogens with zero attached hydrogens (tertiary/aromatic N) is 5. The number of carbonyl (C=O) groups excluding carboxylic acids is 4. The van der Waals surface area contributed by atoms with Crippen LogP contribution in [0.15, 0.2) is 189 Å². The second-order valence-electron chi connectivity index (χ2n) is 16.6. The number of aromatic nitrogens is 4. The van der Waals surface area contributed by atoms with Gasteiger partial charge in [0, 0.05) is 16.0 Å². The molecule has 0 spiro atoms. The van der Waals surface area contributed by atoms with Gasteiger partial charge in [0.1, 0.15) is 42.0 Å². The molecule has 9 rings (SSSR count). The summed E-state index contributed by atoms with van der Waals surface area (Å²) in [5.74, 6) is -3.29. The van der Waals surface area contributed by atoms with Crippen LogP contribution in [-0.2, 0) is 45.6 Å². The molecule has 0 saturated carbocycles. The summed E-state index contributed by atoms with van der Waals surface area (Å²) < 4.78 is 12.2. The Balaban J connectivity index is 1.04. The minimum atomic E-state index is -1.16. The Morgan fingerprint density at radius 3 is 1.95 bits per heavy atom. The molecule has 74 heavy (non-hydrogen) atoms. The van der Waals surface area contributed by atoms with E-state index in [2.05, 4.69) is 38.6 Å². The number of hydrogen-bond acceptors (Lipinski definition) is 16. The van der Waals surface area contributed by atoms with Gasteiger partial charge in [-0.15, -0.1) is 35.7 Å². The maximum Gasteiger partial charge on any atom is 0.356 e. The molecule has 374 valence electrons. The molecule has 2 unspecified atom stereocenters. The molecular weight excluding hydrogens is 1000 g/mol. The van der Waals surface area contributed by atoms with Gasteiger partial charge >= 0.3 is 23.1 Å². The minimum Gasteiger partial charge on any atom is -0.465 e. The molecule has 5 aromatic carbocycles. The molecule has 4 heterocycles. The van der Waals surface area contributed by atoms with Crippen molar-refractivity contribution >= 4 is 75.2 Å². The van der Waals surface area contributed by atoms with E-state index < -0.39 is 64.5 Å². The number of fused-ring (bicyclic) bond motifs is 1. The molecular formula is C54H46N8O9S3. The third-order valence-electron chi connectivity index (χ3n) is 12.1. The van der Waals surface area contributed by atoms with Crippen molar-refractivity contribution in [1.82, 2.24) is 30.0 Å². The predicted molar refractivity (Wildman–Crippen MR) is 284 cm³/mol. The van der Waals surface area contributed by atoms with E-state index in [1.807, 2.05) is 152 Å². The third-order valence-corrected chi connectivity index (χ3v) is 14.4. The lowest BCUT2D eigenvalue weighted by Crippen LogP contribution is -2.71. The van der Waals surface area contributed by atoms with Gasteiger partial charge in [0.25, 0.3) is 11.8 Å². The fourth-order valence-corrected chi connectivity index (χ4v) is 11.1. The van der Waals surface area contributed by atoms with Gasteiger partial charge in [-0.25, -0.2) is 14.9 Å². The number of anilines is 1. The Morgan fingerprint density at radius 2 is 1.41 bits per heavy atom. The first kappa shape index (κ1) is 50.6. The maximum atomic E-state index is 14.8. The summed E-state index contributed by atoms with van der Waals surface area (Å²) in [7, 11) is 1.29. The monoisotopic (exact) mass is 1050 g/mol. The Kier molecular flexibility index (Phi) is 15.5. The number of carbonyl (C=O) groups is 4. The number of aromatic amines is 1. The van der Waals surface area contributed by atoms with E-state index in [0.29, 0.717) is 16.3 Å². The standard InChI is InChI=1S/C54H46N8O9S3/c1-3-70-41(63)30-61-46(58-59-48(65)50(61)67)40(72)29-35-31-73-51-43(49(66)62(51)44(35)52(68)71-45(33-19-9-4-10-20-33)34-21-11-5-12-22-34)56-47(64)42(60-69-2)39-32-74-53(55-39)57-54(36-23-13-6-14-24-36,37-25-15-7-16-26-37)38-27-17-8-18-28-38/h4-29,32,43,45,51,72H,3,30-31H2,1-2H3,(H,55,57)(H,56,64)(H,59,65). The van der Waals surface area contributed by atoms with Crippen LogP contribution in [0.1, 0.15) is 52.4 Å². The topological polar surface area (TPSA) is 216 Å². The van der Waals surface area contributed by atoms with Crippen LogP contribution < -0.4 is 21.8 Å². The second-order valence-corrected chi connectivity index (χ2v) is 19.0. The van der Waals surface area contributed by atoms with Crippen LogP contribution in [0.5, 0.6) is 0 Å². The number of ether oxygens (including phenoxy) is 2. The average Bonchev–Trinajstić information content (AvgIpc) is 3.90. The first-order valence-electron chi connectivity index (χ1n) is 23.1. The molecule has 0 aliphatic carbocycles. The predicted octanol–water partition coefficient (Wildman–Crippen LogP) is 6.66. The number of amides is 2. The second kappa shape index (κ2) is 22.6. The van der Waals surface area contributed by atoms with E-state index in [9.17, 15) is 28.8 Å². The number of H-pyrrole nitrogens is 1. The molecule has 2 amide bonds. The molecule has 2 aromatic heterocycles. The van der Waals surface area contributed by atoms with Gasteiger partial charge < -0.3 is 24.9 Å². The number of nitrogens with one attached hydrogen (secondary N) is 3. The van der Waals surface area contributed by atoms with E-state index in [4.69, 9.17) is 19.3 Å². The van der Waals surface area contributed by atoms with Gasteiger partial charge in [0.15, 0.2) is 22.8 Å². The van der Waals surface area contributed by atoms with E-state index in [1.54, 1.807) is 12.3 Å². The first-order chi connectivity index (χ1) is 36.0. The Labute approximate surface area is 437 Å². The molecule has 0 bridgehead atoms. The van der Waals surface area contributed by atoms with Crippen LogP contribution in [0.3, 0.4) is 0 Å². The largest absolute Gasteiger partial charge is 0.465 e. The fraction of sp³-hybridized carbons (Fsp3) is 0.167. The molecule has 1 saturated heterocycles. The summed E-state index contributed by atoms with van der Waals surface area (Å²) in [6.07, 6.45) is 0.487. The Morgan fingerprint density at radius 1 is 0.851 bits per heavy atom. The van der Waals surface area contributed by atoms with E-state index in [1.165, 1.54) is 41.2 Å². The lowest BCUT2D eigenvalue weighted by atomic mass is 9.77. The summed E-state index contributed by atoms with van der Waals surface area (Å²) in [6.45, 7) is 0.945. The van der Waals surface area contributed by atoms with Crippen LogP contribution in [0.4, 0.5) is 5.13 Å². The van der Waals surface area contributed by atoms with Crippen LogP contribution in [0, 0.1) is 0 Å². The number of benzene rings is 5. The van der Waals surface area contributed by atoms with Crippen molar-refractivity contribution in [3.8, 4) is 0 Å². The average molecular weight is 1050 g/mol. The number of thiazole rings is 1. The number of rotatable bonds is 18. The number of hydrogen-bond donors (Lipinski definition) is 4. The summed E-state index contributed by atoms with van der Waals surface area (Å²) in [5, 5.41) is 18.0. The summed E-state index contributed by atoms with van der Waals surface area (Å²) in [5.41, 5.74) is 1.03. The van der Waals surface area contributed by atoms with Crippen molar-refractivity contribution in [1.29, 1.82) is 0 Å². The molecule has 20 heteroatoms. The van der Waals surface area contributed by atoms with Gasteiger partial charge in [0.05, 0.1) is 6.61 Å². The van der Waals surface area contributed by atoms with Crippen LogP contribution in [0.2, 0.25) is 0 Å². The smallest absolute Gasteiger partial charge is 0.356 e. The first-order valence-corrected chi connectivity index (χ1v) is 25.5.